The van der Waals surface area contributed by atoms with Crippen LogP contribution in [-0.2, 0) is 9.47 Å². The van der Waals surface area contributed by atoms with E-state index in [1.807, 2.05) is 0 Å². The smallest absolute Gasteiger partial charge is 0.0620 e. The van der Waals surface area contributed by atoms with Crippen molar-refractivity contribution < 1.29 is 9.47 Å². The van der Waals surface area contributed by atoms with Crippen LogP contribution in [0.15, 0.2) is 0 Å². The highest BCUT2D eigenvalue weighted by molar-refractivity contribution is 4.75. The van der Waals surface area contributed by atoms with Gasteiger partial charge in [-0.15, -0.1) is 0 Å². The Hall–Kier alpha value is -0.160. The summed E-state index contributed by atoms with van der Waals surface area (Å²) in [7, 11) is 1.73. The minimum atomic E-state index is 0.508. The van der Waals surface area contributed by atoms with Crippen molar-refractivity contribution in [2.45, 2.75) is 25.4 Å². The highest BCUT2D eigenvalue weighted by atomic mass is 16.5. The van der Waals surface area contributed by atoms with Crippen LogP contribution in [0, 0.1) is 0 Å². The standard InChI is InChI=1S/C10H22N2O2/c1-9(11-3-5-13-2)7-10-8-14-6-4-12-10/h9-12H,3-8H2,1-2H3. The van der Waals surface area contributed by atoms with Gasteiger partial charge in [0.25, 0.3) is 0 Å². The number of hydrogen-bond donors (Lipinski definition) is 2. The fourth-order valence-electron chi connectivity index (χ4n) is 1.69. The fourth-order valence-corrected chi connectivity index (χ4v) is 1.69. The van der Waals surface area contributed by atoms with Gasteiger partial charge in [0, 0.05) is 32.3 Å². The van der Waals surface area contributed by atoms with Crippen LogP contribution in [0.25, 0.3) is 0 Å². The van der Waals surface area contributed by atoms with Crippen molar-refractivity contribution in [3.8, 4) is 0 Å². The molecule has 1 heterocycles. The zero-order valence-electron chi connectivity index (χ0n) is 9.21. The lowest BCUT2D eigenvalue weighted by Crippen LogP contribution is -2.45. The van der Waals surface area contributed by atoms with Gasteiger partial charge in [-0.05, 0) is 13.3 Å². The molecule has 0 bridgehead atoms. The first-order valence-corrected chi connectivity index (χ1v) is 5.36. The SMILES string of the molecule is COCCNC(C)CC1COCCN1. The van der Waals surface area contributed by atoms with Gasteiger partial charge >= 0.3 is 0 Å². The van der Waals surface area contributed by atoms with Crippen LogP contribution in [0.1, 0.15) is 13.3 Å². The Balaban J connectivity index is 2.03. The number of rotatable bonds is 6. The lowest BCUT2D eigenvalue weighted by atomic mass is 10.1. The van der Waals surface area contributed by atoms with Gasteiger partial charge in [0.1, 0.15) is 0 Å². The van der Waals surface area contributed by atoms with E-state index in [2.05, 4.69) is 17.6 Å². The molecule has 0 aromatic carbocycles. The second-order valence-corrected chi connectivity index (χ2v) is 3.81. The summed E-state index contributed by atoms with van der Waals surface area (Å²) in [6.07, 6.45) is 1.11. The second-order valence-electron chi connectivity index (χ2n) is 3.81. The molecule has 84 valence electrons. The zero-order valence-corrected chi connectivity index (χ0v) is 9.21. The van der Waals surface area contributed by atoms with E-state index in [4.69, 9.17) is 9.47 Å². The number of ether oxygens (including phenoxy) is 2. The first-order chi connectivity index (χ1) is 6.83. The summed E-state index contributed by atoms with van der Waals surface area (Å²) in [6, 6.07) is 1.03. The van der Waals surface area contributed by atoms with Crippen molar-refractivity contribution in [1.82, 2.24) is 10.6 Å². The van der Waals surface area contributed by atoms with E-state index in [-0.39, 0.29) is 0 Å². The fraction of sp³-hybridized carbons (Fsp3) is 1.00. The van der Waals surface area contributed by atoms with E-state index in [0.717, 1.165) is 39.3 Å². The molecule has 1 aliphatic heterocycles. The van der Waals surface area contributed by atoms with Gasteiger partial charge in [-0.3, -0.25) is 0 Å². The van der Waals surface area contributed by atoms with Gasteiger partial charge in [-0.25, -0.2) is 0 Å². The molecular weight excluding hydrogens is 180 g/mol. The molecule has 1 aliphatic rings. The minimum Gasteiger partial charge on any atom is -0.383 e. The highest BCUT2D eigenvalue weighted by Gasteiger charge is 2.15. The molecule has 14 heavy (non-hydrogen) atoms. The van der Waals surface area contributed by atoms with Crippen LogP contribution >= 0.6 is 0 Å². The Kier molecular flexibility index (Phi) is 6.10. The first kappa shape index (κ1) is 11.9. The Labute approximate surface area is 86.3 Å². The Morgan fingerprint density at radius 2 is 2.50 bits per heavy atom. The predicted octanol–water partition coefficient (Wildman–Crippen LogP) is -0.0106. The maximum atomic E-state index is 5.39. The monoisotopic (exact) mass is 202 g/mol. The van der Waals surface area contributed by atoms with Crippen molar-refractivity contribution in [3.63, 3.8) is 0 Å². The predicted molar refractivity (Wildman–Crippen MR) is 56.6 cm³/mol. The molecule has 0 aliphatic carbocycles. The summed E-state index contributed by atoms with van der Waals surface area (Å²) in [5.41, 5.74) is 0. The minimum absolute atomic E-state index is 0.508. The molecule has 0 saturated carbocycles. The van der Waals surface area contributed by atoms with Crippen LogP contribution in [-0.4, -0.2) is 52.1 Å². The molecule has 0 aromatic heterocycles. The van der Waals surface area contributed by atoms with Crippen LogP contribution in [0.4, 0.5) is 0 Å². The number of methoxy groups -OCH3 is 1. The number of nitrogens with one attached hydrogen (secondary N) is 2. The maximum Gasteiger partial charge on any atom is 0.0620 e. The van der Waals surface area contributed by atoms with Crippen LogP contribution in [0.5, 0.6) is 0 Å². The maximum absolute atomic E-state index is 5.39. The first-order valence-electron chi connectivity index (χ1n) is 5.36. The van der Waals surface area contributed by atoms with E-state index >= 15 is 0 Å². The van der Waals surface area contributed by atoms with Gasteiger partial charge in [0.2, 0.25) is 0 Å². The third kappa shape index (κ3) is 4.91. The molecule has 1 fully saturated rings. The quantitative estimate of drug-likeness (QED) is 0.595. The van der Waals surface area contributed by atoms with Crippen molar-refractivity contribution in [2.24, 2.45) is 0 Å². The summed E-state index contributed by atoms with van der Waals surface area (Å²) in [6.45, 7) is 6.57. The largest absolute Gasteiger partial charge is 0.383 e. The lowest BCUT2D eigenvalue weighted by molar-refractivity contribution is 0.0709. The average Bonchev–Trinajstić information content (AvgIpc) is 2.20. The molecule has 0 aromatic rings. The Morgan fingerprint density at radius 1 is 1.64 bits per heavy atom. The van der Waals surface area contributed by atoms with Crippen molar-refractivity contribution in [2.75, 3.05) is 40.0 Å². The normalized spacial score (nSPS) is 24.9. The Morgan fingerprint density at radius 3 is 3.14 bits per heavy atom. The lowest BCUT2D eigenvalue weighted by Gasteiger charge is -2.26. The zero-order chi connectivity index (χ0) is 10.2. The Bertz CT molecular complexity index is 138. The van der Waals surface area contributed by atoms with Gasteiger partial charge < -0.3 is 20.1 Å². The number of hydrogen-bond acceptors (Lipinski definition) is 4. The third-order valence-electron chi connectivity index (χ3n) is 2.44. The summed E-state index contributed by atoms with van der Waals surface area (Å²) in [5.74, 6) is 0. The van der Waals surface area contributed by atoms with Gasteiger partial charge in [-0.1, -0.05) is 0 Å². The van der Waals surface area contributed by atoms with E-state index < -0.39 is 0 Å². The molecule has 0 radical (unpaired) electrons. The van der Waals surface area contributed by atoms with Crippen LogP contribution in [0.3, 0.4) is 0 Å². The van der Waals surface area contributed by atoms with Gasteiger partial charge in [-0.2, -0.15) is 0 Å². The molecule has 4 nitrogen and oxygen atoms in total. The molecule has 0 amide bonds. The van der Waals surface area contributed by atoms with Crippen LogP contribution in [0.2, 0.25) is 0 Å². The van der Waals surface area contributed by atoms with Crippen molar-refractivity contribution >= 4 is 0 Å². The third-order valence-corrected chi connectivity index (χ3v) is 2.44. The average molecular weight is 202 g/mol. The molecule has 0 spiro atoms. The molecule has 1 rings (SSSR count). The summed E-state index contributed by atoms with van der Waals surface area (Å²) in [4.78, 5) is 0. The molecule has 1 saturated heterocycles. The molecular formula is C10H22N2O2. The van der Waals surface area contributed by atoms with Gasteiger partial charge in [0.15, 0.2) is 0 Å². The van der Waals surface area contributed by atoms with Crippen molar-refractivity contribution in [3.05, 3.63) is 0 Å². The highest BCUT2D eigenvalue weighted by Crippen LogP contribution is 2.01. The van der Waals surface area contributed by atoms with E-state index in [1.54, 1.807) is 7.11 Å². The van der Waals surface area contributed by atoms with E-state index in [1.165, 1.54) is 0 Å². The topological polar surface area (TPSA) is 42.5 Å². The second kappa shape index (κ2) is 7.17. The van der Waals surface area contributed by atoms with Crippen molar-refractivity contribution in [1.29, 1.82) is 0 Å². The summed E-state index contributed by atoms with van der Waals surface area (Å²) < 4.78 is 10.4. The molecule has 4 heteroatoms. The molecule has 2 unspecified atom stereocenters. The van der Waals surface area contributed by atoms with Crippen LogP contribution < -0.4 is 10.6 Å². The van der Waals surface area contributed by atoms with E-state index in [9.17, 15) is 0 Å². The van der Waals surface area contributed by atoms with E-state index in [0.29, 0.717) is 12.1 Å². The molecule has 2 N–H and O–H groups in total. The summed E-state index contributed by atoms with van der Waals surface area (Å²) in [5, 5.41) is 6.85. The summed E-state index contributed by atoms with van der Waals surface area (Å²) >= 11 is 0. The molecule has 2 atom stereocenters. The van der Waals surface area contributed by atoms with Gasteiger partial charge in [0.05, 0.1) is 19.8 Å². The number of morpholine rings is 1.